The first-order chi connectivity index (χ1) is 12.4. The second kappa shape index (κ2) is 7.51. The number of aromatic nitrogens is 4. The number of nitrogens with one attached hydrogen (secondary N) is 1. The number of nitrogens with zero attached hydrogens (tertiary/aromatic N) is 4. The van der Waals surface area contributed by atoms with E-state index in [-0.39, 0.29) is 5.82 Å². The first-order valence-electron chi connectivity index (χ1n) is 7.32. The third kappa shape index (κ3) is 4.26. The van der Waals surface area contributed by atoms with Crippen LogP contribution < -0.4 is 5.48 Å². The van der Waals surface area contributed by atoms with Gasteiger partial charge < -0.3 is 4.52 Å². The van der Waals surface area contributed by atoms with E-state index < -0.39 is 12.1 Å². The molecule has 0 bridgehead atoms. The molecule has 7 nitrogen and oxygen atoms in total. The molecule has 0 aromatic carbocycles. The first kappa shape index (κ1) is 18.5. The minimum Gasteiger partial charge on any atom is -0.329 e. The van der Waals surface area contributed by atoms with Gasteiger partial charge in [-0.1, -0.05) is 17.4 Å². The summed E-state index contributed by atoms with van der Waals surface area (Å²) in [6.07, 6.45) is -2.92. The fourth-order valence-corrected chi connectivity index (χ4v) is 3.04. The van der Waals surface area contributed by atoms with Crippen molar-refractivity contribution in [3.63, 3.8) is 0 Å². The van der Waals surface area contributed by atoms with Gasteiger partial charge in [-0.05, 0) is 25.1 Å². The quantitative estimate of drug-likeness (QED) is 0.500. The molecule has 3 rings (SSSR count). The lowest BCUT2D eigenvalue weighted by atomic mass is 10.4. The number of alkyl halides is 3. The van der Waals surface area contributed by atoms with Crippen LogP contribution in [0.2, 0.25) is 0 Å². The van der Waals surface area contributed by atoms with Crippen LogP contribution in [0.4, 0.5) is 13.2 Å². The lowest BCUT2D eigenvalue weighted by Crippen LogP contribution is -2.23. The average Bonchev–Trinajstić information content (AvgIpc) is 3.31. The third-order valence-electron chi connectivity index (χ3n) is 3.05. The van der Waals surface area contributed by atoms with Gasteiger partial charge >= 0.3 is 12.1 Å². The second-order valence-electron chi connectivity index (χ2n) is 4.95. The molecule has 0 aliphatic carbocycles. The highest BCUT2D eigenvalue weighted by Gasteiger charge is 2.38. The first-order valence-corrected chi connectivity index (χ1v) is 8.55. The van der Waals surface area contributed by atoms with Gasteiger partial charge in [-0.3, -0.25) is 15.0 Å². The van der Waals surface area contributed by atoms with Crippen molar-refractivity contribution in [1.82, 2.24) is 25.4 Å². The predicted molar refractivity (Wildman–Crippen MR) is 90.4 cm³/mol. The van der Waals surface area contributed by atoms with Crippen molar-refractivity contribution in [1.29, 1.82) is 0 Å². The van der Waals surface area contributed by atoms with Gasteiger partial charge in [-0.15, -0.1) is 11.3 Å². The molecule has 0 saturated heterocycles. The van der Waals surface area contributed by atoms with E-state index in [1.807, 2.05) is 6.92 Å². The highest BCUT2D eigenvalue weighted by Crippen LogP contribution is 2.31. The van der Waals surface area contributed by atoms with Gasteiger partial charge in [0.1, 0.15) is 5.69 Å². The standard InChI is InChI=1S/C14H12F3N5O2S2/c1-2-23-21-12(25)9-5-6-22(19-9)7-8-3-4-10(26-8)11-18-13(24-20-11)14(15,16)17/h3-6H,2,7H2,1H3,(H,21,25). The summed E-state index contributed by atoms with van der Waals surface area (Å²) >= 11 is 6.39. The van der Waals surface area contributed by atoms with Crippen LogP contribution in [0.5, 0.6) is 0 Å². The van der Waals surface area contributed by atoms with Crippen molar-refractivity contribution in [3.05, 3.63) is 40.9 Å². The number of halogens is 3. The highest BCUT2D eigenvalue weighted by atomic mass is 32.1. The molecule has 0 spiro atoms. The van der Waals surface area contributed by atoms with Crippen molar-refractivity contribution in [2.75, 3.05) is 6.61 Å². The largest absolute Gasteiger partial charge is 0.471 e. The molecule has 0 aliphatic heterocycles. The summed E-state index contributed by atoms with van der Waals surface area (Å²) in [5.74, 6) is -1.47. The summed E-state index contributed by atoms with van der Waals surface area (Å²) in [4.78, 5) is 10.1. The van der Waals surface area contributed by atoms with E-state index in [2.05, 4.69) is 25.2 Å². The average molecular weight is 403 g/mol. The van der Waals surface area contributed by atoms with Crippen LogP contribution in [-0.4, -0.2) is 31.5 Å². The van der Waals surface area contributed by atoms with Crippen LogP contribution >= 0.6 is 23.6 Å². The Hall–Kier alpha value is -2.31. The van der Waals surface area contributed by atoms with Gasteiger partial charge in [-0.2, -0.15) is 23.3 Å². The summed E-state index contributed by atoms with van der Waals surface area (Å²) < 4.78 is 43.5. The maximum Gasteiger partial charge on any atom is 0.471 e. The zero-order valence-electron chi connectivity index (χ0n) is 13.3. The van der Waals surface area contributed by atoms with Crippen LogP contribution in [0, 0.1) is 0 Å². The highest BCUT2D eigenvalue weighted by molar-refractivity contribution is 7.80. The Morgan fingerprint density at radius 1 is 1.38 bits per heavy atom. The van der Waals surface area contributed by atoms with Gasteiger partial charge in [-0.25, -0.2) is 0 Å². The summed E-state index contributed by atoms with van der Waals surface area (Å²) in [5.41, 5.74) is 3.16. The van der Waals surface area contributed by atoms with E-state index in [4.69, 9.17) is 17.1 Å². The third-order valence-corrected chi connectivity index (χ3v) is 4.41. The fourth-order valence-electron chi connectivity index (χ4n) is 1.94. The lowest BCUT2D eigenvalue weighted by molar-refractivity contribution is -0.159. The molecular weight excluding hydrogens is 391 g/mol. The molecule has 138 valence electrons. The molecule has 0 unspecified atom stereocenters. The summed E-state index contributed by atoms with van der Waals surface area (Å²) in [6.45, 7) is 2.71. The van der Waals surface area contributed by atoms with Gasteiger partial charge in [0.15, 0.2) is 4.99 Å². The molecule has 0 saturated carbocycles. The SMILES string of the molecule is CCONC(=S)c1ccn(Cc2ccc(-c3noc(C(F)(F)F)n3)s2)n1. The maximum atomic E-state index is 12.5. The molecule has 0 atom stereocenters. The van der Waals surface area contributed by atoms with Gasteiger partial charge in [0.05, 0.1) is 18.0 Å². The number of hydrogen-bond donors (Lipinski definition) is 1. The Bertz CT molecular complexity index is 902. The van der Waals surface area contributed by atoms with Crippen LogP contribution in [0.25, 0.3) is 10.7 Å². The van der Waals surface area contributed by atoms with Crippen LogP contribution in [0.15, 0.2) is 28.9 Å². The van der Waals surface area contributed by atoms with Crippen LogP contribution in [-0.2, 0) is 17.6 Å². The topological polar surface area (TPSA) is 78.0 Å². The number of thiophene rings is 1. The fraction of sp³-hybridized carbons (Fsp3) is 0.286. The molecule has 0 radical (unpaired) electrons. The molecule has 26 heavy (non-hydrogen) atoms. The number of hydrogen-bond acceptors (Lipinski definition) is 7. The predicted octanol–water partition coefficient (Wildman–Crippen LogP) is 3.28. The molecule has 0 aliphatic rings. The van der Waals surface area contributed by atoms with E-state index in [0.717, 1.165) is 4.88 Å². The van der Waals surface area contributed by atoms with Crippen molar-refractivity contribution in [2.45, 2.75) is 19.6 Å². The summed E-state index contributed by atoms with van der Waals surface area (Å²) in [7, 11) is 0. The van der Waals surface area contributed by atoms with E-state index in [0.29, 0.717) is 28.7 Å². The molecule has 0 fully saturated rings. The Morgan fingerprint density at radius 3 is 2.88 bits per heavy atom. The molecule has 3 heterocycles. The Balaban J connectivity index is 1.68. The van der Waals surface area contributed by atoms with Crippen molar-refractivity contribution in [3.8, 4) is 10.7 Å². The summed E-state index contributed by atoms with van der Waals surface area (Å²) in [6, 6.07) is 5.14. The normalized spacial score (nSPS) is 11.7. The maximum absolute atomic E-state index is 12.5. The minimum atomic E-state index is -4.66. The lowest BCUT2D eigenvalue weighted by Gasteiger charge is -2.03. The molecule has 0 amide bonds. The van der Waals surface area contributed by atoms with Crippen LogP contribution in [0.3, 0.4) is 0 Å². The molecule has 1 N–H and O–H groups in total. The van der Waals surface area contributed by atoms with Crippen molar-refractivity contribution in [2.24, 2.45) is 0 Å². The van der Waals surface area contributed by atoms with Crippen molar-refractivity contribution >= 4 is 28.5 Å². The van der Waals surface area contributed by atoms with E-state index in [9.17, 15) is 13.2 Å². The molecule has 3 aromatic rings. The molecule has 12 heteroatoms. The Kier molecular flexibility index (Phi) is 5.34. The Morgan fingerprint density at radius 2 is 2.19 bits per heavy atom. The molecular formula is C14H12F3N5O2S2. The van der Waals surface area contributed by atoms with E-state index in [1.54, 1.807) is 29.1 Å². The smallest absolute Gasteiger partial charge is 0.329 e. The van der Waals surface area contributed by atoms with Crippen molar-refractivity contribution < 1.29 is 22.5 Å². The Labute approximate surface area is 154 Å². The molecule has 3 aromatic heterocycles. The van der Waals surface area contributed by atoms with Crippen LogP contribution in [0.1, 0.15) is 23.4 Å². The van der Waals surface area contributed by atoms with Gasteiger partial charge in [0, 0.05) is 11.1 Å². The number of hydroxylamine groups is 1. The summed E-state index contributed by atoms with van der Waals surface area (Å²) in [5, 5.41) is 7.69. The van der Waals surface area contributed by atoms with Gasteiger partial charge in [0.2, 0.25) is 5.82 Å². The zero-order valence-corrected chi connectivity index (χ0v) is 14.9. The zero-order chi connectivity index (χ0) is 18.7. The second-order valence-corrected chi connectivity index (χ2v) is 6.53. The number of thiocarbonyl (C=S) groups is 1. The monoisotopic (exact) mass is 403 g/mol. The van der Waals surface area contributed by atoms with E-state index in [1.165, 1.54) is 11.3 Å². The van der Waals surface area contributed by atoms with E-state index >= 15 is 0 Å². The number of rotatable bonds is 6. The van der Waals surface area contributed by atoms with Gasteiger partial charge in [0.25, 0.3) is 0 Å². The minimum absolute atomic E-state index is 0.100.